The second-order valence-electron chi connectivity index (χ2n) is 3.32. The Morgan fingerprint density at radius 1 is 1.50 bits per heavy atom. The van der Waals surface area contributed by atoms with Gasteiger partial charge in [-0.2, -0.15) is 5.26 Å². The lowest BCUT2D eigenvalue weighted by molar-refractivity contribution is 0.260. The van der Waals surface area contributed by atoms with Gasteiger partial charge in [-0.05, 0) is 12.8 Å². The predicted molar refractivity (Wildman–Crippen MR) is 40.4 cm³/mol. The van der Waals surface area contributed by atoms with E-state index in [4.69, 9.17) is 5.26 Å². The Bertz CT molecular complexity index is 140. The zero-order valence-electron chi connectivity index (χ0n) is 6.59. The van der Waals surface area contributed by atoms with Crippen molar-refractivity contribution in [1.29, 1.82) is 5.26 Å². The topological polar surface area (TPSA) is 35.8 Å². The maximum atomic E-state index is 8.46. The monoisotopic (exact) mass is 138 g/mol. The molecule has 0 atom stereocenters. The number of rotatable bonds is 2. The van der Waals surface area contributed by atoms with Crippen LogP contribution >= 0.6 is 0 Å². The molecule has 0 spiro atoms. The fourth-order valence-electron chi connectivity index (χ4n) is 1.33. The molecule has 1 saturated carbocycles. The molecular formula is C8H14N2. The van der Waals surface area contributed by atoms with E-state index in [1.54, 1.807) is 0 Å². The first kappa shape index (κ1) is 7.56. The van der Waals surface area contributed by atoms with Crippen molar-refractivity contribution < 1.29 is 0 Å². The highest BCUT2D eigenvalue weighted by molar-refractivity contribution is 4.97. The molecule has 0 aromatic rings. The van der Waals surface area contributed by atoms with E-state index in [0.29, 0.717) is 18.0 Å². The summed E-state index contributed by atoms with van der Waals surface area (Å²) < 4.78 is 0. The Morgan fingerprint density at radius 2 is 2.10 bits per heavy atom. The molecule has 0 radical (unpaired) electrons. The van der Waals surface area contributed by atoms with Gasteiger partial charge in [-0.25, -0.2) is 0 Å². The minimum absolute atomic E-state index is 0.330. The van der Waals surface area contributed by atoms with Crippen molar-refractivity contribution in [3.8, 4) is 6.07 Å². The summed E-state index contributed by atoms with van der Waals surface area (Å²) >= 11 is 0. The van der Waals surface area contributed by atoms with Crippen molar-refractivity contribution in [2.45, 2.75) is 38.8 Å². The van der Waals surface area contributed by atoms with Crippen molar-refractivity contribution in [1.82, 2.24) is 5.32 Å². The summed E-state index contributed by atoms with van der Waals surface area (Å²) in [5.41, 5.74) is 0. The van der Waals surface area contributed by atoms with Crippen molar-refractivity contribution >= 4 is 0 Å². The first-order valence-corrected chi connectivity index (χ1v) is 3.88. The summed E-state index contributed by atoms with van der Waals surface area (Å²) in [5, 5.41) is 11.9. The molecule has 1 aliphatic carbocycles. The SMILES string of the molecule is CC(C)NC1CC(C#N)C1. The van der Waals surface area contributed by atoms with E-state index in [9.17, 15) is 0 Å². The highest BCUT2D eigenvalue weighted by Gasteiger charge is 2.28. The van der Waals surface area contributed by atoms with E-state index in [-0.39, 0.29) is 0 Å². The molecular weight excluding hydrogens is 124 g/mol. The van der Waals surface area contributed by atoms with E-state index in [1.165, 1.54) is 0 Å². The molecule has 1 aliphatic rings. The van der Waals surface area contributed by atoms with Gasteiger partial charge in [0.1, 0.15) is 0 Å². The Balaban J connectivity index is 2.10. The molecule has 0 amide bonds. The molecule has 0 heterocycles. The van der Waals surface area contributed by atoms with Crippen LogP contribution in [0.1, 0.15) is 26.7 Å². The summed E-state index contributed by atoms with van der Waals surface area (Å²) in [6, 6.07) is 3.44. The highest BCUT2D eigenvalue weighted by atomic mass is 15.0. The molecule has 1 rings (SSSR count). The van der Waals surface area contributed by atoms with Crippen LogP contribution in [-0.2, 0) is 0 Å². The van der Waals surface area contributed by atoms with Crippen LogP contribution in [0, 0.1) is 17.2 Å². The predicted octanol–water partition coefficient (Wildman–Crippen LogP) is 1.29. The van der Waals surface area contributed by atoms with Crippen molar-refractivity contribution in [3.05, 3.63) is 0 Å². The summed E-state index contributed by atoms with van der Waals surface area (Å²) in [6.07, 6.45) is 2.10. The van der Waals surface area contributed by atoms with Gasteiger partial charge >= 0.3 is 0 Å². The zero-order valence-corrected chi connectivity index (χ0v) is 6.59. The molecule has 1 fully saturated rings. The number of nitrogens with zero attached hydrogens (tertiary/aromatic N) is 1. The van der Waals surface area contributed by atoms with Crippen molar-refractivity contribution in [2.24, 2.45) is 5.92 Å². The molecule has 2 nitrogen and oxygen atoms in total. The average Bonchev–Trinajstić information content (AvgIpc) is 1.76. The average molecular weight is 138 g/mol. The molecule has 0 aliphatic heterocycles. The fourth-order valence-corrected chi connectivity index (χ4v) is 1.33. The second kappa shape index (κ2) is 3.03. The maximum absolute atomic E-state index is 8.46. The summed E-state index contributed by atoms with van der Waals surface area (Å²) in [4.78, 5) is 0. The molecule has 10 heavy (non-hydrogen) atoms. The minimum Gasteiger partial charge on any atom is -0.312 e. The van der Waals surface area contributed by atoms with Gasteiger partial charge in [0, 0.05) is 18.0 Å². The number of hydrogen-bond acceptors (Lipinski definition) is 2. The van der Waals surface area contributed by atoms with Gasteiger partial charge in [-0.1, -0.05) is 13.8 Å². The Hall–Kier alpha value is -0.550. The van der Waals surface area contributed by atoms with E-state index in [0.717, 1.165) is 12.8 Å². The lowest BCUT2D eigenvalue weighted by Gasteiger charge is -2.32. The van der Waals surface area contributed by atoms with Gasteiger partial charge in [0.15, 0.2) is 0 Å². The Morgan fingerprint density at radius 3 is 2.50 bits per heavy atom. The second-order valence-corrected chi connectivity index (χ2v) is 3.32. The highest BCUT2D eigenvalue weighted by Crippen LogP contribution is 2.26. The van der Waals surface area contributed by atoms with E-state index in [2.05, 4.69) is 25.2 Å². The first-order valence-electron chi connectivity index (χ1n) is 3.88. The Labute approximate surface area is 62.2 Å². The van der Waals surface area contributed by atoms with Gasteiger partial charge < -0.3 is 5.32 Å². The third-order valence-electron chi connectivity index (χ3n) is 1.89. The quantitative estimate of drug-likeness (QED) is 0.624. The maximum Gasteiger partial charge on any atom is 0.0657 e. The van der Waals surface area contributed by atoms with Gasteiger partial charge in [0.2, 0.25) is 0 Å². The molecule has 2 heteroatoms. The van der Waals surface area contributed by atoms with Crippen molar-refractivity contribution in [3.63, 3.8) is 0 Å². The van der Waals surface area contributed by atoms with Crippen LogP contribution in [0.2, 0.25) is 0 Å². The fraction of sp³-hybridized carbons (Fsp3) is 0.875. The Kier molecular flexibility index (Phi) is 2.29. The molecule has 0 aromatic carbocycles. The number of nitriles is 1. The minimum atomic E-state index is 0.330. The zero-order chi connectivity index (χ0) is 7.56. The van der Waals surface area contributed by atoms with Crippen LogP contribution in [0.5, 0.6) is 0 Å². The number of hydrogen-bond donors (Lipinski definition) is 1. The lowest BCUT2D eigenvalue weighted by Crippen LogP contribution is -2.43. The standard InChI is InChI=1S/C8H14N2/c1-6(2)10-8-3-7(4-8)5-9/h6-8,10H,3-4H2,1-2H3. The summed E-state index contributed by atoms with van der Waals surface area (Å²) in [7, 11) is 0. The van der Waals surface area contributed by atoms with Gasteiger partial charge in [-0.3, -0.25) is 0 Å². The van der Waals surface area contributed by atoms with Crippen LogP contribution in [0.25, 0.3) is 0 Å². The number of nitrogens with one attached hydrogen (secondary N) is 1. The molecule has 1 N–H and O–H groups in total. The van der Waals surface area contributed by atoms with Crippen LogP contribution < -0.4 is 5.32 Å². The third-order valence-corrected chi connectivity index (χ3v) is 1.89. The molecule has 0 saturated heterocycles. The van der Waals surface area contributed by atoms with Crippen molar-refractivity contribution in [2.75, 3.05) is 0 Å². The van der Waals surface area contributed by atoms with Gasteiger partial charge in [0.25, 0.3) is 0 Å². The molecule has 56 valence electrons. The van der Waals surface area contributed by atoms with Crippen LogP contribution in [0.3, 0.4) is 0 Å². The molecule has 0 bridgehead atoms. The van der Waals surface area contributed by atoms with Crippen LogP contribution in [-0.4, -0.2) is 12.1 Å². The summed E-state index contributed by atoms with van der Waals surface area (Å²) in [6.45, 7) is 4.28. The van der Waals surface area contributed by atoms with Crippen LogP contribution in [0.15, 0.2) is 0 Å². The largest absolute Gasteiger partial charge is 0.312 e. The van der Waals surface area contributed by atoms with E-state index in [1.807, 2.05) is 0 Å². The first-order chi connectivity index (χ1) is 4.72. The molecule has 0 aromatic heterocycles. The molecule has 0 unspecified atom stereocenters. The van der Waals surface area contributed by atoms with E-state index < -0.39 is 0 Å². The smallest absolute Gasteiger partial charge is 0.0657 e. The summed E-state index contributed by atoms with van der Waals surface area (Å²) in [5.74, 6) is 0.330. The van der Waals surface area contributed by atoms with Gasteiger partial charge in [-0.15, -0.1) is 0 Å². The van der Waals surface area contributed by atoms with E-state index >= 15 is 0 Å². The van der Waals surface area contributed by atoms with Crippen LogP contribution in [0.4, 0.5) is 0 Å². The lowest BCUT2D eigenvalue weighted by atomic mass is 9.81. The third kappa shape index (κ3) is 1.71. The normalized spacial score (nSPS) is 31.4. The van der Waals surface area contributed by atoms with Gasteiger partial charge in [0.05, 0.1) is 6.07 Å².